The number of carbonyl (C=O) groups is 1. The molecule has 0 bridgehead atoms. The van der Waals surface area contributed by atoms with Crippen LogP contribution in [-0.2, 0) is 15.1 Å². The Kier molecular flexibility index (Phi) is 2.49. The Hall–Kier alpha value is -1.35. The molecule has 1 saturated heterocycles. The van der Waals surface area contributed by atoms with Crippen LogP contribution in [0.2, 0.25) is 0 Å². The summed E-state index contributed by atoms with van der Waals surface area (Å²) in [5, 5.41) is 10.4. The summed E-state index contributed by atoms with van der Waals surface area (Å²) < 4.78 is 4.87. The van der Waals surface area contributed by atoms with E-state index >= 15 is 0 Å². The minimum atomic E-state index is -1.13. The van der Waals surface area contributed by atoms with Crippen LogP contribution >= 0.6 is 0 Å². The van der Waals surface area contributed by atoms with Gasteiger partial charge >= 0.3 is 5.97 Å². The molecule has 0 radical (unpaired) electrons. The maximum Gasteiger partial charge on any atom is 0.312 e. The highest BCUT2D eigenvalue weighted by atomic mass is 16.5. The average Bonchev–Trinajstić information content (AvgIpc) is 2.66. The fourth-order valence-electron chi connectivity index (χ4n) is 1.98. The first-order valence-electron chi connectivity index (χ1n) is 5.07. The highest BCUT2D eigenvalue weighted by Crippen LogP contribution is 2.35. The van der Waals surface area contributed by atoms with Crippen molar-refractivity contribution < 1.29 is 14.6 Å². The van der Waals surface area contributed by atoms with E-state index in [1.807, 2.05) is 30.3 Å². The van der Waals surface area contributed by atoms with Gasteiger partial charge in [-0.15, -0.1) is 0 Å². The maximum atomic E-state index is 11.4. The van der Waals surface area contributed by atoms with Gasteiger partial charge in [0, 0.05) is 0 Å². The van der Waals surface area contributed by atoms with Gasteiger partial charge in [-0.2, -0.15) is 0 Å². The average molecular weight is 206 g/mol. The SMILES string of the molecule is CC(O)(c1ccccc1)C1CCOC1=O. The molecule has 15 heavy (non-hydrogen) atoms. The molecule has 0 spiro atoms. The van der Waals surface area contributed by atoms with Gasteiger partial charge in [0.05, 0.1) is 12.5 Å². The second-order valence-electron chi connectivity index (χ2n) is 4.02. The normalized spacial score (nSPS) is 24.7. The Balaban J connectivity index is 2.30. The maximum absolute atomic E-state index is 11.4. The van der Waals surface area contributed by atoms with E-state index in [1.54, 1.807) is 6.92 Å². The van der Waals surface area contributed by atoms with Gasteiger partial charge in [-0.1, -0.05) is 30.3 Å². The molecule has 3 heteroatoms. The molecule has 0 aromatic heterocycles. The van der Waals surface area contributed by atoms with E-state index in [1.165, 1.54) is 0 Å². The molecule has 2 rings (SSSR count). The van der Waals surface area contributed by atoms with Crippen LogP contribution in [0.3, 0.4) is 0 Å². The molecule has 2 atom stereocenters. The van der Waals surface area contributed by atoms with Crippen LogP contribution in [0, 0.1) is 5.92 Å². The molecule has 80 valence electrons. The van der Waals surface area contributed by atoms with Crippen molar-refractivity contribution in [2.75, 3.05) is 6.61 Å². The first kappa shape index (κ1) is 10.2. The lowest BCUT2D eigenvalue weighted by Gasteiger charge is -2.27. The Morgan fingerprint density at radius 1 is 1.40 bits per heavy atom. The summed E-state index contributed by atoms with van der Waals surface area (Å²) in [7, 11) is 0. The zero-order chi connectivity index (χ0) is 10.9. The van der Waals surface area contributed by atoms with E-state index in [9.17, 15) is 9.90 Å². The Morgan fingerprint density at radius 2 is 2.07 bits per heavy atom. The number of aliphatic hydroxyl groups is 1. The standard InChI is InChI=1S/C12H14O3/c1-12(14,9-5-3-2-4-6-9)10-7-8-15-11(10)13/h2-6,10,14H,7-8H2,1H3. The van der Waals surface area contributed by atoms with E-state index in [0.29, 0.717) is 13.0 Å². The topological polar surface area (TPSA) is 46.5 Å². The summed E-state index contributed by atoms with van der Waals surface area (Å²) in [6.07, 6.45) is 0.584. The molecular weight excluding hydrogens is 192 g/mol. The molecule has 0 saturated carbocycles. The lowest BCUT2D eigenvalue weighted by atomic mass is 9.82. The van der Waals surface area contributed by atoms with Crippen molar-refractivity contribution in [3.8, 4) is 0 Å². The number of hydrogen-bond acceptors (Lipinski definition) is 3. The Labute approximate surface area is 88.7 Å². The summed E-state index contributed by atoms with van der Waals surface area (Å²) in [5.74, 6) is -0.747. The first-order chi connectivity index (χ1) is 7.12. The van der Waals surface area contributed by atoms with Crippen molar-refractivity contribution in [2.24, 2.45) is 5.92 Å². The fourth-order valence-corrected chi connectivity index (χ4v) is 1.98. The summed E-state index contributed by atoms with van der Waals surface area (Å²) in [6, 6.07) is 9.23. The molecule has 1 aromatic rings. The first-order valence-corrected chi connectivity index (χ1v) is 5.07. The number of cyclic esters (lactones) is 1. The number of carbonyl (C=O) groups excluding carboxylic acids is 1. The minimum absolute atomic E-state index is 0.302. The highest BCUT2D eigenvalue weighted by Gasteiger charge is 2.42. The monoisotopic (exact) mass is 206 g/mol. The predicted octanol–water partition coefficient (Wildman–Crippen LogP) is 1.46. The molecule has 3 nitrogen and oxygen atoms in total. The molecule has 1 aliphatic rings. The van der Waals surface area contributed by atoms with E-state index in [2.05, 4.69) is 0 Å². The van der Waals surface area contributed by atoms with Gasteiger partial charge in [-0.25, -0.2) is 0 Å². The van der Waals surface area contributed by atoms with E-state index in [-0.39, 0.29) is 5.97 Å². The van der Waals surface area contributed by atoms with Gasteiger partial charge < -0.3 is 9.84 Å². The van der Waals surface area contributed by atoms with Crippen LogP contribution in [-0.4, -0.2) is 17.7 Å². The number of hydrogen-bond donors (Lipinski definition) is 1. The van der Waals surface area contributed by atoms with Crippen LogP contribution in [0.5, 0.6) is 0 Å². The molecule has 0 amide bonds. The molecular formula is C12H14O3. The Morgan fingerprint density at radius 3 is 2.60 bits per heavy atom. The number of rotatable bonds is 2. The van der Waals surface area contributed by atoms with Crippen molar-refractivity contribution in [1.82, 2.24) is 0 Å². The van der Waals surface area contributed by atoms with Gasteiger partial charge in [0.1, 0.15) is 5.60 Å². The van der Waals surface area contributed by atoms with Crippen LogP contribution in [0.15, 0.2) is 30.3 Å². The van der Waals surface area contributed by atoms with Crippen LogP contribution in [0.1, 0.15) is 18.9 Å². The molecule has 1 fully saturated rings. The molecule has 1 N–H and O–H groups in total. The van der Waals surface area contributed by atoms with E-state index in [4.69, 9.17) is 4.74 Å². The quantitative estimate of drug-likeness (QED) is 0.745. The van der Waals surface area contributed by atoms with Gasteiger partial charge in [-0.3, -0.25) is 4.79 Å². The second-order valence-corrected chi connectivity index (χ2v) is 4.02. The number of ether oxygens (including phenoxy) is 1. The number of esters is 1. The summed E-state index contributed by atoms with van der Waals surface area (Å²) in [5.41, 5.74) is -0.372. The van der Waals surface area contributed by atoms with Gasteiger partial charge in [-0.05, 0) is 18.9 Å². The second kappa shape index (κ2) is 3.66. The minimum Gasteiger partial charge on any atom is -0.465 e. The fraction of sp³-hybridized carbons (Fsp3) is 0.417. The third-order valence-electron chi connectivity index (χ3n) is 2.97. The molecule has 2 unspecified atom stereocenters. The molecule has 1 aliphatic heterocycles. The third-order valence-corrected chi connectivity index (χ3v) is 2.97. The van der Waals surface area contributed by atoms with Crippen molar-refractivity contribution in [3.05, 3.63) is 35.9 Å². The lowest BCUT2D eigenvalue weighted by molar-refractivity contribution is -0.148. The third kappa shape index (κ3) is 1.75. The summed E-state index contributed by atoms with van der Waals surface area (Å²) >= 11 is 0. The van der Waals surface area contributed by atoms with E-state index in [0.717, 1.165) is 5.56 Å². The highest BCUT2D eigenvalue weighted by molar-refractivity contribution is 5.75. The summed E-state index contributed by atoms with van der Waals surface area (Å²) in [4.78, 5) is 11.4. The lowest BCUT2D eigenvalue weighted by Crippen LogP contribution is -2.34. The van der Waals surface area contributed by atoms with Crippen LogP contribution < -0.4 is 0 Å². The molecule has 1 aromatic carbocycles. The predicted molar refractivity (Wildman–Crippen MR) is 55.1 cm³/mol. The van der Waals surface area contributed by atoms with E-state index < -0.39 is 11.5 Å². The van der Waals surface area contributed by atoms with Crippen molar-refractivity contribution in [1.29, 1.82) is 0 Å². The Bertz CT molecular complexity index is 356. The van der Waals surface area contributed by atoms with Crippen molar-refractivity contribution >= 4 is 5.97 Å². The zero-order valence-corrected chi connectivity index (χ0v) is 8.64. The van der Waals surface area contributed by atoms with Crippen LogP contribution in [0.4, 0.5) is 0 Å². The molecule has 0 aliphatic carbocycles. The zero-order valence-electron chi connectivity index (χ0n) is 8.64. The summed E-state index contributed by atoms with van der Waals surface area (Å²) in [6.45, 7) is 2.08. The van der Waals surface area contributed by atoms with Crippen molar-refractivity contribution in [3.63, 3.8) is 0 Å². The largest absolute Gasteiger partial charge is 0.465 e. The smallest absolute Gasteiger partial charge is 0.312 e. The van der Waals surface area contributed by atoms with Gasteiger partial charge in [0.25, 0.3) is 0 Å². The molecule has 1 heterocycles. The van der Waals surface area contributed by atoms with Gasteiger partial charge in [0.2, 0.25) is 0 Å². The van der Waals surface area contributed by atoms with Crippen LogP contribution in [0.25, 0.3) is 0 Å². The van der Waals surface area contributed by atoms with Gasteiger partial charge in [0.15, 0.2) is 0 Å². The van der Waals surface area contributed by atoms with Crippen molar-refractivity contribution in [2.45, 2.75) is 18.9 Å². The number of benzene rings is 1.